The van der Waals surface area contributed by atoms with Crippen molar-refractivity contribution < 1.29 is 9.13 Å². The third-order valence-corrected chi connectivity index (χ3v) is 7.39. The van der Waals surface area contributed by atoms with Crippen LogP contribution in [0.4, 0.5) is 10.2 Å². The molecule has 2 aromatic carbocycles. The molecule has 0 aliphatic heterocycles. The number of fused-ring (bicyclic) bond motifs is 3. The van der Waals surface area contributed by atoms with Crippen molar-refractivity contribution >= 4 is 34.0 Å². The highest BCUT2D eigenvalue weighted by atomic mass is 35.5. The first-order valence-electron chi connectivity index (χ1n) is 12.1. The Morgan fingerprint density at radius 2 is 2.00 bits per heavy atom. The van der Waals surface area contributed by atoms with Crippen molar-refractivity contribution in [2.24, 2.45) is 7.05 Å². The predicted octanol–water partition coefficient (Wildman–Crippen LogP) is 5.61. The van der Waals surface area contributed by atoms with Crippen molar-refractivity contribution in [3.63, 3.8) is 0 Å². The Hall–Kier alpha value is -4.16. The molecule has 0 saturated heterocycles. The van der Waals surface area contributed by atoms with E-state index in [4.69, 9.17) is 22.1 Å². The number of rotatable bonds is 5. The summed E-state index contributed by atoms with van der Waals surface area (Å²) in [4.78, 5) is 8.96. The van der Waals surface area contributed by atoms with E-state index in [-0.39, 0.29) is 28.0 Å². The maximum atomic E-state index is 15.7. The van der Waals surface area contributed by atoms with Gasteiger partial charge >= 0.3 is 0 Å². The summed E-state index contributed by atoms with van der Waals surface area (Å²) in [5.74, 6) is 0.365. The highest BCUT2D eigenvalue weighted by Gasteiger charge is 2.31. The van der Waals surface area contributed by atoms with Crippen molar-refractivity contribution in [3.8, 4) is 34.2 Å². The van der Waals surface area contributed by atoms with Gasteiger partial charge in [-0.25, -0.2) is 14.4 Å². The summed E-state index contributed by atoms with van der Waals surface area (Å²) in [6.07, 6.45) is 9.09. The van der Waals surface area contributed by atoms with Crippen LogP contribution < -0.4 is 10.5 Å². The number of anilines is 1. The molecule has 7 rings (SSSR count). The second kappa shape index (κ2) is 7.92. The molecule has 10 heteroatoms. The monoisotopic (exact) mass is 513 g/mol. The van der Waals surface area contributed by atoms with Crippen LogP contribution in [0.25, 0.3) is 38.9 Å². The van der Waals surface area contributed by atoms with Gasteiger partial charge in [0.25, 0.3) is 0 Å². The lowest BCUT2D eigenvalue weighted by molar-refractivity contribution is 0.302. The number of aromatic nitrogens is 5. The van der Waals surface area contributed by atoms with Crippen LogP contribution in [0.15, 0.2) is 36.9 Å². The molecule has 5 aromatic rings. The van der Waals surface area contributed by atoms with Crippen molar-refractivity contribution in [1.82, 2.24) is 24.1 Å². The Bertz CT molecular complexity index is 1790. The topological polar surface area (TPSA) is 107 Å². The van der Waals surface area contributed by atoms with E-state index < -0.39 is 5.82 Å². The van der Waals surface area contributed by atoms with Crippen molar-refractivity contribution in [2.75, 3.05) is 5.73 Å². The molecule has 2 saturated carbocycles. The fourth-order valence-electron chi connectivity index (χ4n) is 5.04. The summed E-state index contributed by atoms with van der Waals surface area (Å²) in [5.41, 5.74) is 11.9. The molecule has 8 nitrogen and oxygen atoms in total. The van der Waals surface area contributed by atoms with Gasteiger partial charge in [-0.1, -0.05) is 11.6 Å². The number of ether oxygens (including phenoxy) is 1. The summed E-state index contributed by atoms with van der Waals surface area (Å²) in [5, 5.41) is 14.4. The fourth-order valence-corrected chi connectivity index (χ4v) is 5.23. The third-order valence-electron chi connectivity index (χ3n) is 7.12. The fraction of sp³-hybridized carbons (Fsp3) is 0.259. The number of nitrogens with zero attached hydrogens (tertiary/aromatic N) is 6. The molecule has 0 radical (unpaired) electrons. The van der Waals surface area contributed by atoms with Crippen LogP contribution in [0.3, 0.4) is 0 Å². The van der Waals surface area contributed by atoms with Crippen LogP contribution in [0, 0.1) is 17.1 Å². The maximum absolute atomic E-state index is 15.7. The second-order valence-corrected chi connectivity index (χ2v) is 10.1. The van der Waals surface area contributed by atoms with E-state index in [2.05, 4.69) is 27.2 Å². The zero-order chi connectivity index (χ0) is 25.4. The van der Waals surface area contributed by atoms with Gasteiger partial charge in [0.15, 0.2) is 5.82 Å². The van der Waals surface area contributed by atoms with Gasteiger partial charge < -0.3 is 10.5 Å². The van der Waals surface area contributed by atoms with Crippen LogP contribution in [0.1, 0.15) is 42.7 Å². The Morgan fingerprint density at radius 1 is 1.19 bits per heavy atom. The zero-order valence-corrected chi connectivity index (χ0v) is 20.6. The van der Waals surface area contributed by atoms with Gasteiger partial charge in [0, 0.05) is 18.7 Å². The van der Waals surface area contributed by atoms with E-state index in [1.807, 2.05) is 10.5 Å². The molecule has 0 atom stereocenters. The van der Waals surface area contributed by atoms with Crippen LogP contribution in [-0.2, 0) is 7.05 Å². The predicted molar refractivity (Wildman–Crippen MR) is 138 cm³/mol. The van der Waals surface area contributed by atoms with Gasteiger partial charge in [-0.2, -0.15) is 10.4 Å². The lowest BCUT2D eigenvalue weighted by Crippen LogP contribution is -2.05. The van der Waals surface area contributed by atoms with Gasteiger partial charge in [0.05, 0.1) is 52.1 Å². The first kappa shape index (κ1) is 22.1. The Morgan fingerprint density at radius 3 is 2.73 bits per heavy atom. The van der Waals surface area contributed by atoms with Crippen molar-refractivity contribution in [1.29, 1.82) is 5.26 Å². The van der Waals surface area contributed by atoms with Gasteiger partial charge in [-0.05, 0) is 54.9 Å². The molecule has 2 aliphatic rings. The highest BCUT2D eigenvalue weighted by molar-refractivity contribution is 6.31. The largest absolute Gasteiger partial charge is 0.489 e. The highest BCUT2D eigenvalue weighted by Crippen LogP contribution is 2.47. The molecule has 0 unspecified atom stereocenters. The number of nitrogens with two attached hydrogens (primary N) is 1. The number of nitrogen functional groups attached to an aromatic ring is 1. The average Bonchev–Trinajstić information content (AvgIpc) is 3.80. The number of imidazole rings is 1. The van der Waals surface area contributed by atoms with E-state index in [9.17, 15) is 5.26 Å². The Labute approximate surface area is 216 Å². The molecule has 0 bridgehead atoms. The summed E-state index contributed by atoms with van der Waals surface area (Å²) in [6, 6.07) is 7.57. The minimum absolute atomic E-state index is 0.0191. The van der Waals surface area contributed by atoms with Crippen LogP contribution in [0.5, 0.6) is 5.75 Å². The number of hydrogen-bond donors (Lipinski definition) is 1. The summed E-state index contributed by atoms with van der Waals surface area (Å²) >= 11 is 6.31. The Balaban J connectivity index is 1.49. The van der Waals surface area contributed by atoms with Crippen LogP contribution in [0.2, 0.25) is 5.02 Å². The van der Waals surface area contributed by atoms with E-state index in [1.54, 1.807) is 30.5 Å². The van der Waals surface area contributed by atoms with E-state index >= 15 is 4.39 Å². The van der Waals surface area contributed by atoms with Crippen LogP contribution in [-0.4, -0.2) is 30.3 Å². The molecule has 37 heavy (non-hydrogen) atoms. The minimum atomic E-state index is -0.683. The summed E-state index contributed by atoms with van der Waals surface area (Å²) < 4.78 is 25.1. The molecule has 2 N–H and O–H groups in total. The van der Waals surface area contributed by atoms with Gasteiger partial charge in [-0.15, -0.1) is 0 Å². The van der Waals surface area contributed by atoms with Crippen molar-refractivity contribution in [2.45, 2.75) is 37.7 Å². The van der Waals surface area contributed by atoms with Crippen molar-refractivity contribution in [3.05, 3.63) is 58.9 Å². The van der Waals surface area contributed by atoms with Gasteiger partial charge in [0.1, 0.15) is 28.7 Å². The molecule has 2 aliphatic carbocycles. The molecular formula is C27H21ClFN7O. The lowest BCUT2D eigenvalue weighted by Gasteiger charge is -2.16. The van der Waals surface area contributed by atoms with Gasteiger partial charge in [-0.3, -0.25) is 9.08 Å². The maximum Gasteiger partial charge on any atom is 0.152 e. The standard InChI is InChI=1S/C27H21ClFN7O/c1-35-26(23-17(9-30)22(37-15-4-5-15)8-19(28)24(23)29)18(10-33-35)14-6-16(13-2-3-13)25-20(7-14)34-27(31)21-11-32-12-36(21)25/h6-8,10-13,15H,2-5H2,1H3,(H2,31,34). The lowest BCUT2D eigenvalue weighted by atomic mass is 9.94. The molecule has 2 fully saturated rings. The van der Waals surface area contributed by atoms with Crippen LogP contribution >= 0.6 is 11.6 Å². The summed E-state index contributed by atoms with van der Waals surface area (Å²) in [7, 11) is 1.72. The average molecular weight is 514 g/mol. The van der Waals surface area contributed by atoms with E-state index in [0.717, 1.165) is 47.8 Å². The number of halogens is 2. The molecule has 3 heterocycles. The summed E-state index contributed by atoms with van der Waals surface area (Å²) in [6.45, 7) is 0. The molecule has 0 amide bonds. The molecular weight excluding hydrogens is 493 g/mol. The smallest absolute Gasteiger partial charge is 0.152 e. The molecule has 0 spiro atoms. The SMILES string of the molecule is Cn1ncc(-c2cc(C3CC3)c3c(c2)nc(N)c2cncn23)c1-c1c(F)c(Cl)cc(OC2CC2)c1C#N. The molecule has 3 aromatic heterocycles. The number of aryl methyl sites for hydroxylation is 1. The van der Waals surface area contributed by atoms with Gasteiger partial charge in [0.2, 0.25) is 0 Å². The number of benzene rings is 2. The first-order valence-corrected chi connectivity index (χ1v) is 12.5. The Kier molecular flexibility index (Phi) is 4.72. The number of hydrogen-bond acceptors (Lipinski definition) is 6. The first-order chi connectivity index (χ1) is 17.9. The number of nitriles is 1. The minimum Gasteiger partial charge on any atom is -0.489 e. The van der Waals surface area contributed by atoms with E-state index in [0.29, 0.717) is 28.5 Å². The third kappa shape index (κ3) is 3.44. The quantitative estimate of drug-likeness (QED) is 0.327. The second-order valence-electron chi connectivity index (χ2n) is 9.73. The normalized spacial score (nSPS) is 15.4. The van der Waals surface area contributed by atoms with E-state index in [1.165, 1.54) is 6.07 Å². The molecule has 184 valence electrons. The zero-order valence-electron chi connectivity index (χ0n) is 19.9.